The van der Waals surface area contributed by atoms with E-state index in [0.717, 1.165) is 42.7 Å². The molecule has 28 heavy (non-hydrogen) atoms. The van der Waals surface area contributed by atoms with E-state index in [1.165, 1.54) is 24.1 Å². The lowest BCUT2D eigenvalue weighted by molar-refractivity contribution is 0.0940. The number of aromatic nitrogens is 4. The maximum absolute atomic E-state index is 12.6. The fraction of sp³-hybridized carbons (Fsp3) is 0.429. The van der Waals surface area contributed by atoms with Crippen LogP contribution in [0.25, 0.3) is 10.9 Å². The van der Waals surface area contributed by atoms with Gasteiger partial charge in [-0.1, -0.05) is 18.2 Å². The number of hydrogen-bond donors (Lipinski definition) is 1. The van der Waals surface area contributed by atoms with Crippen molar-refractivity contribution in [3.8, 4) is 0 Å². The summed E-state index contributed by atoms with van der Waals surface area (Å²) in [6.07, 6.45) is 4.63. The molecule has 1 aliphatic heterocycles. The van der Waals surface area contributed by atoms with Crippen molar-refractivity contribution >= 4 is 22.6 Å². The van der Waals surface area contributed by atoms with Gasteiger partial charge in [0.1, 0.15) is 0 Å². The molecule has 1 fully saturated rings. The third-order valence-electron chi connectivity index (χ3n) is 5.86. The highest BCUT2D eigenvalue weighted by atomic mass is 16.1. The summed E-state index contributed by atoms with van der Waals surface area (Å²) in [5.74, 6) is 1.29. The van der Waals surface area contributed by atoms with Crippen molar-refractivity contribution in [1.82, 2.24) is 25.3 Å². The van der Waals surface area contributed by atoms with Crippen LogP contribution in [0.3, 0.4) is 0 Å². The Balaban J connectivity index is 1.18. The number of hydrogen-bond acceptors (Lipinski definition) is 5. The van der Waals surface area contributed by atoms with E-state index < -0.39 is 0 Å². The molecule has 5 rings (SSSR count). The van der Waals surface area contributed by atoms with Crippen LogP contribution in [0.5, 0.6) is 0 Å². The molecule has 0 atom stereocenters. The summed E-state index contributed by atoms with van der Waals surface area (Å²) in [5, 5.41) is 17.2. The Morgan fingerprint density at radius 1 is 1.18 bits per heavy atom. The van der Waals surface area contributed by atoms with Gasteiger partial charge in [0.25, 0.3) is 5.91 Å². The average Bonchev–Trinajstić information content (AvgIpc) is 3.03. The number of aryl methyl sites for hydroxylation is 3. The molecular formula is C21H24N6O. The summed E-state index contributed by atoms with van der Waals surface area (Å²) in [6.45, 7) is 2.45. The highest BCUT2D eigenvalue weighted by molar-refractivity contribution is 6.04. The molecule has 7 heteroatoms. The Morgan fingerprint density at radius 3 is 2.89 bits per heavy atom. The van der Waals surface area contributed by atoms with Crippen molar-refractivity contribution in [2.24, 2.45) is 13.0 Å². The van der Waals surface area contributed by atoms with Crippen LogP contribution in [0.15, 0.2) is 30.3 Å². The normalized spacial score (nSPS) is 16.7. The van der Waals surface area contributed by atoms with Gasteiger partial charge in [0.15, 0.2) is 11.5 Å². The largest absolute Gasteiger partial charge is 0.354 e. The lowest BCUT2D eigenvalue weighted by Crippen LogP contribution is -2.52. The van der Waals surface area contributed by atoms with Crippen LogP contribution in [-0.2, 0) is 19.9 Å². The minimum Gasteiger partial charge on any atom is -0.354 e. The van der Waals surface area contributed by atoms with Crippen LogP contribution < -0.4 is 10.2 Å². The summed E-state index contributed by atoms with van der Waals surface area (Å²) < 4.78 is 1.75. The molecule has 7 nitrogen and oxygen atoms in total. The van der Waals surface area contributed by atoms with Gasteiger partial charge < -0.3 is 10.2 Å². The Bertz CT molecular complexity index is 1040. The second-order valence-corrected chi connectivity index (χ2v) is 7.85. The first-order valence-corrected chi connectivity index (χ1v) is 9.99. The molecule has 0 saturated carbocycles. The van der Waals surface area contributed by atoms with Gasteiger partial charge in [0.05, 0.1) is 11.2 Å². The van der Waals surface area contributed by atoms with E-state index >= 15 is 0 Å². The van der Waals surface area contributed by atoms with Crippen molar-refractivity contribution in [3.05, 3.63) is 47.3 Å². The van der Waals surface area contributed by atoms with Crippen LogP contribution >= 0.6 is 0 Å². The first kappa shape index (κ1) is 17.2. The first-order chi connectivity index (χ1) is 13.7. The molecule has 1 aliphatic carbocycles. The van der Waals surface area contributed by atoms with Crippen LogP contribution in [0.4, 0.5) is 5.82 Å². The van der Waals surface area contributed by atoms with Crippen molar-refractivity contribution in [3.63, 3.8) is 0 Å². The fourth-order valence-corrected chi connectivity index (χ4v) is 4.22. The summed E-state index contributed by atoms with van der Waals surface area (Å²) in [6, 6.07) is 10.0. The quantitative estimate of drug-likeness (QED) is 0.755. The molecule has 0 radical (unpaired) electrons. The lowest BCUT2D eigenvalue weighted by atomic mass is 9.95. The van der Waals surface area contributed by atoms with E-state index in [-0.39, 0.29) is 5.91 Å². The second-order valence-electron chi connectivity index (χ2n) is 7.85. The number of nitrogens with zero attached hydrogens (tertiary/aromatic N) is 5. The first-order valence-electron chi connectivity index (χ1n) is 9.99. The Kier molecular flexibility index (Phi) is 4.22. The summed E-state index contributed by atoms with van der Waals surface area (Å²) in [5.41, 5.74) is 3.99. The zero-order valence-electron chi connectivity index (χ0n) is 16.1. The minimum atomic E-state index is -0.108. The number of fused-ring (bicyclic) bond motifs is 2. The van der Waals surface area contributed by atoms with Crippen LogP contribution in [-0.4, -0.2) is 45.5 Å². The standard InChI is InChI=1S/C21H24N6O/c1-26-18-9-5-3-7-16(18)20(25-26)21(28)22-11-14-12-27(13-14)19-10-15-6-2-4-8-17(15)23-24-19/h3,5,7,9-10,14H,2,4,6,8,11-13H2,1H3,(H,22,28). The number of para-hydroxylation sites is 1. The minimum absolute atomic E-state index is 0.108. The number of rotatable bonds is 4. The number of amides is 1. The molecule has 2 aromatic heterocycles. The van der Waals surface area contributed by atoms with Gasteiger partial charge in [-0.2, -0.15) is 10.2 Å². The molecular weight excluding hydrogens is 352 g/mol. The monoisotopic (exact) mass is 376 g/mol. The molecule has 1 aromatic carbocycles. The van der Waals surface area contributed by atoms with E-state index in [0.29, 0.717) is 18.2 Å². The maximum Gasteiger partial charge on any atom is 0.272 e. The van der Waals surface area contributed by atoms with Gasteiger partial charge >= 0.3 is 0 Å². The van der Waals surface area contributed by atoms with E-state index in [2.05, 4.69) is 31.6 Å². The summed E-state index contributed by atoms with van der Waals surface area (Å²) in [7, 11) is 1.86. The number of carbonyl (C=O) groups excluding carboxylic acids is 1. The highest BCUT2D eigenvalue weighted by Crippen LogP contribution is 2.26. The van der Waals surface area contributed by atoms with Crippen LogP contribution in [0.2, 0.25) is 0 Å². The average molecular weight is 376 g/mol. The predicted molar refractivity (Wildman–Crippen MR) is 107 cm³/mol. The topological polar surface area (TPSA) is 75.9 Å². The molecule has 3 aromatic rings. The third kappa shape index (κ3) is 3.00. The van der Waals surface area contributed by atoms with Crippen LogP contribution in [0, 0.1) is 5.92 Å². The van der Waals surface area contributed by atoms with Crippen molar-refractivity contribution < 1.29 is 4.79 Å². The fourth-order valence-electron chi connectivity index (χ4n) is 4.22. The number of nitrogens with one attached hydrogen (secondary N) is 1. The molecule has 1 amide bonds. The maximum atomic E-state index is 12.6. The SMILES string of the molecule is Cn1nc(C(=O)NCC2CN(c3cc4c(nn3)CCCC4)C2)c2ccccc21. The van der Waals surface area contributed by atoms with E-state index in [9.17, 15) is 4.79 Å². The van der Waals surface area contributed by atoms with Gasteiger partial charge in [-0.3, -0.25) is 9.48 Å². The predicted octanol–water partition coefficient (Wildman–Crippen LogP) is 2.11. The van der Waals surface area contributed by atoms with E-state index in [1.807, 2.05) is 31.3 Å². The molecule has 0 unspecified atom stereocenters. The molecule has 1 saturated heterocycles. The zero-order chi connectivity index (χ0) is 19.1. The summed E-state index contributed by atoms with van der Waals surface area (Å²) in [4.78, 5) is 14.9. The van der Waals surface area contributed by atoms with Gasteiger partial charge in [-0.25, -0.2) is 0 Å². The van der Waals surface area contributed by atoms with E-state index in [1.54, 1.807) is 4.68 Å². The zero-order valence-corrected chi connectivity index (χ0v) is 16.1. The number of benzene rings is 1. The Morgan fingerprint density at radius 2 is 2.00 bits per heavy atom. The molecule has 144 valence electrons. The molecule has 3 heterocycles. The van der Waals surface area contributed by atoms with Crippen molar-refractivity contribution in [2.45, 2.75) is 25.7 Å². The lowest BCUT2D eigenvalue weighted by Gasteiger charge is -2.40. The van der Waals surface area contributed by atoms with E-state index in [4.69, 9.17) is 0 Å². The van der Waals surface area contributed by atoms with Crippen molar-refractivity contribution in [2.75, 3.05) is 24.5 Å². The van der Waals surface area contributed by atoms with Crippen molar-refractivity contribution in [1.29, 1.82) is 0 Å². The van der Waals surface area contributed by atoms with Crippen LogP contribution in [0.1, 0.15) is 34.6 Å². The Labute approximate surface area is 163 Å². The Hall–Kier alpha value is -2.96. The van der Waals surface area contributed by atoms with Gasteiger partial charge in [0.2, 0.25) is 0 Å². The molecule has 1 N–H and O–H groups in total. The highest BCUT2D eigenvalue weighted by Gasteiger charge is 2.29. The van der Waals surface area contributed by atoms with Gasteiger partial charge in [-0.05, 0) is 43.4 Å². The third-order valence-corrected chi connectivity index (χ3v) is 5.86. The summed E-state index contributed by atoms with van der Waals surface area (Å²) >= 11 is 0. The molecule has 2 aliphatic rings. The second kappa shape index (κ2) is 6.89. The van der Waals surface area contributed by atoms with Gasteiger partial charge in [0, 0.05) is 38.0 Å². The number of carbonyl (C=O) groups is 1. The smallest absolute Gasteiger partial charge is 0.272 e. The van der Waals surface area contributed by atoms with Gasteiger partial charge in [-0.15, -0.1) is 5.10 Å². The molecule has 0 spiro atoms. The number of anilines is 1. The molecule has 0 bridgehead atoms.